The van der Waals surface area contributed by atoms with Gasteiger partial charge in [-0.2, -0.15) is 0 Å². The summed E-state index contributed by atoms with van der Waals surface area (Å²) < 4.78 is 29.4. The van der Waals surface area contributed by atoms with E-state index >= 15 is 0 Å². The van der Waals surface area contributed by atoms with Crippen molar-refractivity contribution in [1.82, 2.24) is 19.9 Å². The fourth-order valence-electron chi connectivity index (χ4n) is 4.08. The summed E-state index contributed by atoms with van der Waals surface area (Å²) in [5.41, 5.74) is 1.11. The van der Waals surface area contributed by atoms with Crippen molar-refractivity contribution in [3.63, 3.8) is 0 Å². The van der Waals surface area contributed by atoms with Crippen LogP contribution in [0.4, 0.5) is 0 Å². The van der Waals surface area contributed by atoms with Crippen molar-refractivity contribution in [3.8, 4) is 5.88 Å². The molecule has 1 saturated heterocycles. The molecule has 0 saturated carbocycles. The largest absolute Gasteiger partial charge is 0.474 e. The number of sulfone groups is 1. The number of aromatic nitrogens is 3. The fourth-order valence-corrected chi connectivity index (χ4v) is 4.98. The lowest BCUT2D eigenvalue weighted by atomic mass is 9.86. The smallest absolute Gasteiger partial charge is 0.257 e. The van der Waals surface area contributed by atoms with Gasteiger partial charge in [0.15, 0.2) is 0 Å². The highest BCUT2D eigenvalue weighted by Crippen LogP contribution is 2.38. The molecule has 0 N–H and O–H groups in total. The molecule has 8 nitrogen and oxygen atoms in total. The van der Waals surface area contributed by atoms with Crippen molar-refractivity contribution in [1.29, 1.82) is 0 Å². The minimum Gasteiger partial charge on any atom is -0.474 e. The molecule has 2 aromatic heterocycles. The lowest BCUT2D eigenvalue weighted by Gasteiger charge is -2.25. The number of rotatable bonds is 6. The molecule has 0 bridgehead atoms. The Kier molecular flexibility index (Phi) is 7.51. The number of carbonyl (C=O) groups is 1. The molecule has 1 aliphatic rings. The predicted octanol–water partition coefficient (Wildman–Crippen LogP) is 4.56. The van der Waals surface area contributed by atoms with Crippen molar-refractivity contribution in [2.24, 2.45) is 5.92 Å². The number of pyridine rings is 1. The van der Waals surface area contributed by atoms with E-state index in [0.29, 0.717) is 34.0 Å². The van der Waals surface area contributed by atoms with Gasteiger partial charge in [-0.1, -0.05) is 40.9 Å². The number of benzene rings is 1. The molecule has 184 valence electrons. The Morgan fingerprint density at radius 1 is 1.03 bits per heavy atom. The second-order valence-electron chi connectivity index (χ2n) is 8.32. The maximum absolute atomic E-state index is 13.3. The number of halogens is 3. The van der Waals surface area contributed by atoms with E-state index in [9.17, 15) is 13.2 Å². The third kappa shape index (κ3) is 5.86. The van der Waals surface area contributed by atoms with Crippen LogP contribution >= 0.6 is 34.8 Å². The third-order valence-corrected chi connectivity index (χ3v) is 7.68. The molecule has 3 atom stereocenters. The first-order valence-electron chi connectivity index (χ1n) is 10.6. The van der Waals surface area contributed by atoms with Crippen LogP contribution in [-0.4, -0.2) is 59.6 Å². The van der Waals surface area contributed by atoms with Crippen molar-refractivity contribution in [2.45, 2.75) is 24.1 Å². The molecule has 1 aromatic carbocycles. The number of nitrogens with zero attached hydrogens (tertiary/aromatic N) is 4. The first-order valence-corrected chi connectivity index (χ1v) is 13.6. The Morgan fingerprint density at radius 3 is 2.34 bits per heavy atom. The van der Waals surface area contributed by atoms with E-state index in [1.54, 1.807) is 29.2 Å². The topological polar surface area (TPSA) is 102 Å². The van der Waals surface area contributed by atoms with Crippen LogP contribution in [0.25, 0.3) is 0 Å². The van der Waals surface area contributed by atoms with Gasteiger partial charge < -0.3 is 9.64 Å². The summed E-state index contributed by atoms with van der Waals surface area (Å²) in [6, 6.07) is 8.79. The molecule has 12 heteroatoms. The molecular formula is C23H21Cl3N4O4S. The molecule has 0 aliphatic carbocycles. The van der Waals surface area contributed by atoms with E-state index in [-0.39, 0.29) is 34.6 Å². The zero-order valence-corrected chi connectivity index (χ0v) is 21.8. The van der Waals surface area contributed by atoms with Gasteiger partial charge in [-0.3, -0.25) is 4.79 Å². The Balaban J connectivity index is 1.60. The van der Waals surface area contributed by atoms with E-state index in [2.05, 4.69) is 15.0 Å². The van der Waals surface area contributed by atoms with Gasteiger partial charge in [-0.15, -0.1) is 0 Å². The zero-order chi connectivity index (χ0) is 25.3. The van der Waals surface area contributed by atoms with Crippen LogP contribution in [0.2, 0.25) is 15.1 Å². The van der Waals surface area contributed by atoms with Gasteiger partial charge in [0.25, 0.3) is 5.91 Å². The second-order valence-corrected chi connectivity index (χ2v) is 11.5. The summed E-state index contributed by atoms with van der Waals surface area (Å²) in [5.74, 6) is -0.101. The number of hydrogen-bond acceptors (Lipinski definition) is 7. The van der Waals surface area contributed by atoms with Crippen LogP contribution in [0.1, 0.15) is 28.8 Å². The van der Waals surface area contributed by atoms with Gasteiger partial charge in [0, 0.05) is 55.8 Å². The number of likely N-dealkylation sites (tertiary alicyclic amines) is 1. The van der Waals surface area contributed by atoms with E-state index in [4.69, 9.17) is 39.5 Å². The Labute approximate surface area is 218 Å². The Hall–Kier alpha value is -2.46. The molecule has 1 fully saturated rings. The minimum absolute atomic E-state index is 0.104. The summed E-state index contributed by atoms with van der Waals surface area (Å²) in [6.45, 7) is 2.69. The van der Waals surface area contributed by atoms with E-state index in [1.165, 1.54) is 18.6 Å². The Bertz CT molecular complexity index is 1340. The van der Waals surface area contributed by atoms with Gasteiger partial charge in [0.05, 0.1) is 20.6 Å². The summed E-state index contributed by atoms with van der Waals surface area (Å²) in [6.07, 6.45) is 4.65. The minimum atomic E-state index is -3.57. The van der Waals surface area contributed by atoms with Gasteiger partial charge in [0.1, 0.15) is 6.10 Å². The lowest BCUT2D eigenvalue weighted by Crippen LogP contribution is -2.32. The van der Waals surface area contributed by atoms with E-state index in [1.807, 2.05) is 13.0 Å². The molecule has 1 aliphatic heterocycles. The van der Waals surface area contributed by atoms with Crippen molar-refractivity contribution < 1.29 is 17.9 Å². The average Bonchev–Trinajstić information content (AvgIpc) is 3.27. The first-order chi connectivity index (χ1) is 16.5. The molecule has 0 unspecified atom stereocenters. The van der Waals surface area contributed by atoms with E-state index < -0.39 is 9.84 Å². The average molecular weight is 556 g/mol. The molecule has 3 heterocycles. The van der Waals surface area contributed by atoms with Gasteiger partial charge >= 0.3 is 0 Å². The number of hydrogen-bond donors (Lipinski definition) is 0. The Morgan fingerprint density at radius 2 is 1.74 bits per heavy atom. The highest BCUT2D eigenvalue weighted by molar-refractivity contribution is 7.90. The summed E-state index contributed by atoms with van der Waals surface area (Å²) in [4.78, 5) is 26.8. The van der Waals surface area contributed by atoms with Crippen LogP contribution in [0.3, 0.4) is 0 Å². The molecule has 35 heavy (non-hydrogen) atoms. The summed E-state index contributed by atoms with van der Waals surface area (Å²) in [5, 5.41) is 1.03. The molecule has 1 amide bonds. The lowest BCUT2D eigenvalue weighted by molar-refractivity contribution is 0.0768. The fraction of sp³-hybridized carbons (Fsp3) is 0.304. The molecular weight excluding hydrogens is 535 g/mol. The monoisotopic (exact) mass is 554 g/mol. The van der Waals surface area contributed by atoms with Crippen molar-refractivity contribution in [3.05, 3.63) is 75.1 Å². The van der Waals surface area contributed by atoms with Crippen LogP contribution in [0.15, 0.2) is 54.1 Å². The van der Waals surface area contributed by atoms with Crippen LogP contribution in [-0.2, 0) is 9.84 Å². The predicted molar refractivity (Wildman–Crippen MR) is 133 cm³/mol. The van der Waals surface area contributed by atoms with Crippen molar-refractivity contribution >= 4 is 50.5 Å². The van der Waals surface area contributed by atoms with E-state index in [0.717, 1.165) is 11.8 Å². The van der Waals surface area contributed by atoms with Crippen LogP contribution in [0.5, 0.6) is 5.88 Å². The number of carbonyl (C=O) groups excluding carboxylic acids is 1. The van der Waals surface area contributed by atoms with Crippen molar-refractivity contribution in [2.75, 3.05) is 19.3 Å². The number of ether oxygens (including phenoxy) is 1. The molecule has 0 spiro atoms. The SMILES string of the molecule is C[C@H](Oc1ccc(Cl)cn1)[C@@H]1CN(C(=O)c2cnc(S(C)(=O)=O)nc2)C[C@@H]1c1ccc(Cl)c(Cl)c1. The molecule has 3 aromatic rings. The molecule has 0 radical (unpaired) electrons. The standard InChI is InChI=1S/C23H21Cl3N4O4S/c1-13(34-21-6-4-16(24)10-27-21)17-11-30(12-18(17)14-3-5-19(25)20(26)7-14)22(31)15-8-28-23(29-9-15)35(2,32)33/h3-10,13,17-18H,11-12H2,1-2H3/t13-,17-,18+/m0/s1. The maximum atomic E-state index is 13.3. The normalized spacial score (nSPS) is 18.9. The highest BCUT2D eigenvalue weighted by atomic mass is 35.5. The quantitative estimate of drug-likeness (QED) is 0.411. The van der Waals surface area contributed by atoms with Gasteiger partial charge in [0.2, 0.25) is 20.9 Å². The first kappa shape index (κ1) is 25.6. The number of amides is 1. The summed E-state index contributed by atoms with van der Waals surface area (Å²) >= 11 is 18.3. The van der Waals surface area contributed by atoms with Gasteiger partial charge in [-0.05, 0) is 30.7 Å². The highest BCUT2D eigenvalue weighted by Gasteiger charge is 2.40. The maximum Gasteiger partial charge on any atom is 0.257 e. The third-order valence-electron chi connectivity index (χ3n) is 5.84. The van der Waals surface area contributed by atoms with Crippen LogP contribution < -0.4 is 4.74 Å². The summed E-state index contributed by atoms with van der Waals surface area (Å²) in [7, 11) is -3.57. The van der Waals surface area contributed by atoms with Gasteiger partial charge in [-0.25, -0.2) is 23.4 Å². The zero-order valence-electron chi connectivity index (χ0n) is 18.7. The molecule has 4 rings (SSSR count). The second kappa shape index (κ2) is 10.3. The van der Waals surface area contributed by atoms with Crippen LogP contribution in [0, 0.1) is 5.92 Å².